The number of thioether (sulfide) groups is 1. The van der Waals surface area contributed by atoms with Crippen molar-refractivity contribution >= 4 is 53.1 Å². The number of aryl methyl sites for hydroxylation is 2. The Hall–Kier alpha value is -5.68. The predicted molar refractivity (Wildman–Crippen MR) is 249 cm³/mol. The molecule has 342 valence electrons. The summed E-state index contributed by atoms with van der Waals surface area (Å²) >= 11 is 1.46. The maximum Gasteiger partial charge on any atom is 0.314 e. The van der Waals surface area contributed by atoms with Crippen LogP contribution in [0.5, 0.6) is 5.75 Å². The average Bonchev–Trinajstić information content (AvgIpc) is 3.27. The van der Waals surface area contributed by atoms with E-state index in [9.17, 15) is 19.5 Å². The molecule has 2 aromatic carbocycles. The van der Waals surface area contributed by atoms with Crippen LogP contribution >= 0.6 is 11.8 Å². The lowest BCUT2D eigenvalue weighted by Crippen LogP contribution is -2.33. The molecule has 4 aromatic rings. The normalized spacial score (nSPS) is 12.5. The van der Waals surface area contributed by atoms with Crippen LogP contribution in [-0.2, 0) is 43.2 Å². The van der Waals surface area contributed by atoms with Crippen molar-refractivity contribution in [1.29, 1.82) is 0 Å². The number of nitrogens with one attached hydrogen (secondary N) is 2. The topological polar surface area (TPSA) is 230 Å². The fraction of sp³-hybridized carbons (Fsp3) is 0.500. The highest BCUT2D eigenvalue weighted by molar-refractivity contribution is 7.99. The molecule has 17 heteroatoms. The number of aliphatic hydroxyl groups is 1. The summed E-state index contributed by atoms with van der Waals surface area (Å²) in [4.78, 5) is 60.3. The van der Waals surface area contributed by atoms with E-state index < -0.39 is 29.9 Å². The van der Waals surface area contributed by atoms with Crippen LogP contribution in [0.3, 0.4) is 0 Å². The number of carbonyl (C=O) groups is 3. The molecule has 4 rings (SSSR count). The van der Waals surface area contributed by atoms with Crippen LogP contribution in [0, 0.1) is 13.8 Å². The van der Waals surface area contributed by atoms with Gasteiger partial charge in [-0.15, -0.1) is 0 Å². The monoisotopic (exact) mass is 887 g/mol. The van der Waals surface area contributed by atoms with Gasteiger partial charge in [0.15, 0.2) is 0 Å². The number of unbranched alkanes of at least 4 members (excludes halogenated alkanes) is 2. The first-order valence-corrected chi connectivity index (χ1v) is 22.8. The van der Waals surface area contributed by atoms with Crippen molar-refractivity contribution in [3.05, 3.63) is 87.2 Å². The number of aliphatic hydroxyl groups excluding tert-OH is 1. The van der Waals surface area contributed by atoms with E-state index in [-0.39, 0.29) is 24.3 Å². The second-order valence-electron chi connectivity index (χ2n) is 15.4. The molecule has 0 spiro atoms. The van der Waals surface area contributed by atoms with E-state index in [1.807, 2.05) is 50.1 Å². The Balaban J connectivity index is 1.60. The highest BCUT2D eigenvalue weighted by Crippen LogP contribution is 2.38. The first kappa shape index (κ1) is 50.0. The number of methoxy groups -OCH3 is 3. The number of anilines is 4. The number of nitrogen functional groups attached to an aromatic ring is 2. The number of esters is 2. The van der Waals surface area contributed by atoms with Crippen LogP contribution in [0.1, 0.15) is 103 Å². The molecule has 2 heterocycles. The van der Waals surface area contributed by atoms with Gasteiger partial charge >= 0.3 is 11.9 Å². The van der Waals surface area contributed by atoms with Crippen molar-refractivity contribution in [3.8, 4) is 5.75 Å². The number of benzene rings is 2. The van der Waals surface area contributed by atoms with E-state index in [4.69, 9.17) is 25.7 Å². The van der Waals surface area contributed by atoms with Crippen LogP contribution in [0.4, 0.5) is 23.5 Å². The summed E-state index contributed by atoms with van der Waals surface area (Å²) in [5.74, 6) is -1.08. The fourth-order valence-corrected chi connectivity index (χ4v) is 7.89. The number of ether oxygens (including phenoxy) is 3. The number of carbonyl (C=O) groups excluding carboxylic acids is 3. The molecular formula is C46H65N9O7S. The Bertz CT molecular complexity index is 2140. The lowest BCUT2D eigenvalue weighted by Gasteiger charge is -2.26. The molecule has 16 nitrogen and oxygen atoms in total. The largest absolute Gasteiger partial charge is 0.496 e. The summed E-state index contributed by atoms with van der Waals surface area (Å²) in [5, 5.41) is 16.8. The smallest absolute Gasteiger partial charge is 0.314 e. The zero-order valence-corrected chi connectivity index (χ0v) is 38.8. The molecule has 0 radical (unpaired) electrons. The predicted octanol–water partition coefficient (Wildman–Crippen LogP) is 5.97. The third kappa shape index (κ3) is 13.9. The van der Waals surface area contributed by atoms with Gasteiger partial charge in [0.1, 0.15) is 17.4 Å². The van der Waals surface area contributed by atoms with Crippen molar-refractivity contribution in [2.24, 2.45) is 0 Å². The van der Waals surface area contributed by atoms with E-state index in [1.54, 1.807) is 24.3 Å². The van der Waals surface area contributed by atoms with E-state index in [2.05, 4.69) is 37.5 Å². The highest BCUT2D eigenvalue weighted by atomic mass is 32.2. The molecule has 0 bridgehead atoms. The van der Waals surface area contributed by atoms with Gasteiger partial charge in [-0.2, -0.15) is 21.7 Å². The molecule has 3 unspecified atom stereocenters. The lowest BCUT2D eigenvalue weighted by molar-refractivity contribution is -0.150. The Morgan fingerprint density at radius 1 is 0.810 bits per heavy atom. The van der Waals surface area contributed by atoms with E-state index in [0.29, 0.717) is 72.9 Å². The first-order chi connectivity index (χ1) is 30.3. The van der Waals surface area contributed by atoms with E-state index in [0.717, 1.165) is 59.6 Å². The third-order valence-corrected chi connectivity index (χ3v) is 11.5. The standard InChI is InChI=1S/C46H65N9O7S/c1-9-11-12-21-49-41-35(28(3)51-45(47)53-41)14-13-22-55(38(57)27-63-8)26-30-15-17-31(18-16-30)39(43(58)61-6)40(44(59)62-7)33-20-19-32(37(24-33)60-5)23-36-29(4)52-46(48)54-42(36)50-25-34(56)10-2/h15-20,24,34,39-40,56H,9-14,21-23,25-27H2,1-8H3,(H3,47,49,51,53)(H3,48,50,52,54). The lowest BCUT2D eigenvalue weighted by atomic mass is 9.80. The molecule has 0 saturated heterocycles. The van der Waals surface area contributed by atoms with Crippen molar-refractivity contribution in [1.82, 2.24) is 24.8 Å². The zero-order chi connectivity index (χ0) is 46.1. The maximum absolute atomic E-state index is 13.7. The molecule has 0 aliphatic heterocycles. The van der Waals surface area contributed by atoms with Crippen molar-refractivity contribution in [2.75, 3.05) is 75.1 Å². The molecule has 2 aromatic heterocycles. The van der Waals surface area contributed by atoms with Crippen LogP contribution in [0.25, 0.3) is 0 Å². The molecule has 1 amide bonds. The average molecular weight is 888 g/mol. The number of amides is 1. The van der Waals surface area contributed by atoms with Crippen LogP contribution in [0.15, 0.2) is 42.5 Å². The van der Waals surface area contributed by atoms with Crippen molar-refractivity contribution in [2.45, 2.75) is 97.1 Å². The molecule has 0 aliphatic rings. The molecule has 7 N–H and O–H groups in total. The molecule has 3 atom stereocenters. The summed E-state index contributed by atoms with van der Waals surface area (Å²) in [5.41, 5.74) is 17.8. The molecule has 63 heavy (non-hydrogen) atoms. The van der Waals surface area contributed by atoms with Gasteiger partial charge in [0.2, 0.25) is 17.8 Å². The minimum absolute atomic E-state index is 0.00668. The summed E-state index contributed by atoms with van der Waals surface area (Å²) in [6.07, 6.45) is 6.82. The Morgan fingerprint density at radius 2 is 1.41 bits per heavy atom. The number of hydrogen-bond acceptors (Lipinski definition) is 16. The van der Waals surface area contributed by atoms with Gasteiger partial charge in [0, 0.05) is 55.1 Å². The third-order valence-electron chi connectivity index (χ3n) is 11.0. The number of nitrogens with two attached hydrogens (primary N) is 2. The highest BCUT2D eigenvalue weighted by Gasteiger charge is 2.38. The fourth-order valence-electron chi connectivity index (χ4n) is 7.46. The van der Waals surface area contributed by atoms with Gasteiger partial charge in [-0.3, -0.25) is 14.4 Å². The van der Waals surface area contributed by atoms with Crippen LogP contribution < -0.4 is 26.8 Å². The number of rotatable bonds is 25. The van der Waals surface area contributed by atoms with Crippen molar-refractivity contribution < 1.29 is 33.7 Å². The maximum atomic E-state index is 13.7. The SMILES string of the molecule is CCCCCNc1nc(N)nc(C)c1CCCN(Cc1ccc(C(C(=O)OC)C(C(=O)OC)c2ccc(Cc3c(C)nc(N)nc3NCC(O)CC)c(OC)c2)cc1)C(=O)CSC. The number of aromatic nitrogens is 4. The Kier molecular flexibility index (Phi) is 19.7. The Morgan fingerprint density at radius 3 is 2.00 bits per heavy atom. The minimum atomic E-state index is -1.10. The zero-order valence-electron chi connectivity index (χ0n) is 38.0. The minimum Gasteiger partial charge on any atom is -0.496 e. The first-order valence-electron chi connectivity index (χ1n) is 21.4. The number of nitrogens with zero attached hydrogens (tertiary/aromatic N) is 5. The van der Waals surface area contributed by atoms with Gasteiger partial charge in [0.25, 0.3) is 0 Å². The van der Waals surface area contributed by atoms with E-state index >= 15 is 0 Å². The summed E-state index contributed by atoms with van der Waals surface area (Å²) in [7, 11) is 4.08. The molecule has 0 aliphatic carbocycles. The molecular weight excluding hydrogens is 823 g/mol. The van der Waals surface area contributed by atoms with Gasteiger partial charge in [-0.25, -0.2) is 9.97 Å². The summed E-state index contributed by atoms with van der Waals surface area (Å²) in [6, 6.07) is 12.6. The van der Waals surface area contributed by atoms with Gasteiger partial charge in [-0.05, 0) is 74.1 Å². The van der Waals surface area contributed by atoms with Gasteiger partial charge in [-0.1, -0.05) is 63.1 Å². The second kappa shape index (κ2) is 24.8. The van der Waals surface area contributed by atoms with Crippen molar-refractivity contribution in [3.63, 3.8) is 0 Å². The van der Waals surface area contributed by atoms with Gasteiger partial charge < -0.3 is 46.3 Å². The summed E-state index contributed by atoms with van der Waals surface area (Å²) < 4.78 is 16.4. The van der Waals surface area contributed by atoms with Crippen LogP contribution in [0.2, 0.25) is 0 Å². The summed E-state index contributed by atoms with van der Waals surface area (Å²) in [6.45, 7) is 9.71. The quantitative estimate of drug-likeness (QED) is 0.0381. The van der Waals surface area contributed by atoms with Gasteiger partial charge in [0.05, 0.1) is 45.0 Å². The molecule has 0 fully saturated rings. The van der Waals surface area contributed by atoms with Crippen LogP contribution in [-0.4, -0.2) is 107 Å². The number of hydrogen-bond donors (Lipinski definition) is 5. The van der Waals surface area contributed by atoms with E-state index in [1.165, 1.54) is 33.1 Å². The second-order valence-corrected chi connectivity index (χ2v) is 16.3. The molecule has 0 saturated carbocycles. The Labute approximate surface area is 375 Å².